The number of benzene rings is 2. The molecule has 0 heterocycles. The van der Waals surface area contributed by atoms with Crippen molar-refractivity contribution in [1.29, 1.82) is 0 Å². The molecule has 0 spiro atoms. The van der Waals surface area contributed by atoms with Crippen LogP contribution in [0.3, 0.4) is 0 Å². The van der Waals surface area contributed by atoms with E-state index < -0.39 is 0 Å². The van der Waals surface area contributed by atoms with Gasteiger partial charge in [-0.1, -0.05) is 55.1 Å². The molecule has 0 bridgehead atoms. The number of ether oxygens (including phenoxy) is 1. The first-order valence-corrected chi connectivity index (χ1v) is 9.76. The van der Waals surface area contributed by atoms with Crippen molar-refractivity contribution in [1.82, 2.24) is 10.6 Å². The first-order valence-electron chi connectivity index (χ1n) is 9.35. The van der Waals surface area contributed by atoms with Crippen LogP contribution in [0.1, 0.15) is 41.6 Å². The second-order valence-corrected chi connectivity index (χ2v) is 7.16. The molecule has 0 saturated carbocycles. The van der Waals surface area contributed by atoms with Crippen LogP contribution >= 0.6 is 12.2 Å². The third-order valence-electron chi connectivity index (χ3n) is 4.65. The van der Waals surface area contributed by atoms with Crippen LogP contribution in [0.4, 0.5) is 0 Å². The van der Waals surface area contributed by atoms with Crippen molar-refractivity contribution in [2.75, 3.05) is 13.2 Å². The Morgan fingerprint density at radius 1 is 1.14 bits per heavy atom. The van der Waals surface area contributed by atoms with Crippen molar-refractivity contribution in [3.05, 3.63) is 77.4 Å². The normalized spacial score (nSPS) is 11.4. The SMILES string of the molecule is C=C(CC(NC(=S)NCCOC(C)=O)c1cccc(C)c1C)c1ccccc1. The van der Waals surface area contributed by atoms with E-state index in [2.05, 4.69) is 61.4 Å². The number of carbonyl (C=O) groups excluding carboxylic acids is 1. The van der Waals surface area contributed by atoms with Crippen molar-refractivity contribution in [2.24, 2.45) is 0 Å². The van der Waals surface area contributed by atoms with Gasteiger partial charge in [0.1, 0.15) is 6.61 Å². The summed E-state index contributed by atoms with van der Waals surface area (Å²) >= 11 is 5.46. The van der Waals surface area contributed by atoms with Crippen molar-refractivity contribution in [2.45, 2.75) is 33.2 Å². The Bertz CT molecular complexity index is 834. The lowest BCUT2D eigenvalue weighted by Gasteiger charge is -2.25. The summed E-state index contributed by atoms with van der Waals surface area (Å²) < 4.78 is 4.94. The summed E-state index contributed by atoms with van der Waals surface area (Å²) in [5.74, 6) is -0.298. The zero-order chi connectivity index (χ0) is 20.5. The maximum atomic E-state index is 10.9. The van der Waals surface area contributed by atoms with Gasteiger partial charge in [0.05, 0.1) is 12.6 Å². The van der Waals surface area contributed by atoms with E-state index in [-0.39, 0.29) is 18.6 Å². The fourth-order valence-electron chi connectivity index (χ4n) is 3.00. The Morgan fingerprint density at radius 2 is 1.86 bits per heavy atom. The zero-order valence-electron chi connectivity index (χ0n) is 16.7. The predicted octanol–water partition coefficient (Wildman–Crippen LogP) is 4.48. The molecule has 1 atom stereocenters. The highest BCUT2D eigenvalue weighted by atomic mass is 32.1. The van der Waals surface area contributed by atoms with Crippen molar-refractivity contribution < 1.29 is 9.53 Å². The van der Waals surface area contributed by atoms with Gasteiger partial charge in [-0.25, -0.2) is 0 Å². The maximum Gasteiger partial charge on any atom is 0.302 e. The number of nitrogens with one attached hydrogen (secondary N) is 2. The molecule has 2 rings (SSSR count). The van der Waals surface area contributed by atoms with Gasteiger partial charge in [0.2, 0.25) is 0 Å². The minimum Gasteiger partial charge on any atom is -0.464 e. The van der Waals surface area contributed by atoms with E-state index in [0.717, 1.165) is 17.6 Å². The second kappa shape index (κ2) is 10.6. The molecule has 5 heteroatoms. The molecule has 2 N–H and O–H groups in total. The van der Waals surface area contributed by atoms with Crippen molar-refractivity contribution in [3.8, 4) is 0 Å². The number of hydrogen-bond acceptors (Lipinski definition) is 3. The summed E-state index contributed by atoms with van der Waals surface area (Å²) in [4.78, 5) is 10.9. The highest BCUT2D eigenvalue weighted by Crippen LogP contribution is 2.29. The van der Waals surface area contributed by atoms with Gasteiger partial charge >= 0.3 is 5.97 Å². The van der Waals surface area contributed by atoms with Crippen LogP contribution in [0.15, 0.2) is 55.1 Å². The first-order chi connectivity index (χ1) is 13.4. The Labute approximate surface area is 173 Å². The third-order valence-corrected chi connectivity index (χ3v) is 4.91. The fraction of sp³-hybridized carbons (Fsp3) is 0.304. The van der Waals surface area contributed by atoms with E-state index in [1.54, 1.807) is 0 Å². The van der Waals surface area contributed by atoms with Crippen LogP contribution in [0, 0.1) is 13.8 Å². The van der Waals surface area contributed by atoms with Gasteiger partial charge in [-0.3, -0.25) is 4.79 Å². The topological polar surface area (TPSA) is 50.4 Å². The minimum atomic E-state index is -0.298. The highest BCUT2D eigenvalue weighted by molar-refractivity contribution is 7.80. The summed E-state index contributed by atoms with van der Waals surface area (Å²) in [7, 11) is 0. The fourth-order valence-corrected chi connectivity index (χ4v) is 3.24. The van der Waals surface area contributed by atoms with Crippen LogP contribution < -0.4 is 10.6 Å². The molecule has 0 aromatic heterocycles. The number of hydrogen-bond donors (Lipinski definition) is 2. The minimum absolute atomic E-state index is 0.0127. The van der Waals surface area contributed by atoms with Gasteiger partial charge in [0.15, 0.2) is 5.11 Å². The molecule has 4 nitrogen and oxygen atoms in total. The molecule has 28 heavy (non-hydrogen) atoms. The van der Waals surface area contributed by atoms with Crippen LogP contribution in [-0.4, -0.2) is 24.2 Å². The number of rotatable bonds is 8. The van der Waals surface area contributed by atoms with Gasteiger partial charge in [-0.2, -0.15) is 0 Å². The molecule has 0 fully saturated rings. The van der Waals surface area contributed by atoms with Crippen LogP contribution in [-0.2, 0) is 9.53 Å². The lowest BCUT2D eigenvalue weighted by molar-refractivity contribution is -0.140. The zero-order valence-corrected chi connectivity index (χ0v) is 17.6. The predicted molar refractivity (Wildman–Crippen MR) is 119 cm³/mol. The number of esters is 1. The maximum absolute atomic E-state index is 10.9. The van der Waals surface area contributed by atoms with Crippen molar-refractivity contribution >= 4 is 28.9 Å². The quantitative estimate of drug-likeness (QED) is 0.392. The Morgan fingerprint density at radius 3 is 2.54 bits per heavy atom. The molecule has 0 radical (unpaired) electrons. The molecule has 2 aromatic rings. The summed E-state index contributed by atoms with van der Waals surface area (Å²) in [6.07, 6.45) is 0.722. The molecule has 0 aliphatic carbocycles. The van der Waals surface area contributed by atoms with E-state index >= 15 is 0 Å². The third kappa shape index (κ3) is 6.50. The summed E-state index contributed by atoms with van der Waals surface area (Å²) in [5.41, 5.74) is 5.84. The average Bonchev–Trinajstić information content (AvgIpc) is 2.67. The van der Waals surface area contributed by atoms with Gasteiger partial charge < -0.3 is 15.4 Å². The Hall–Kier alpha value is -2.66. The number of aryl methyl sites for hydroxylation is 1. The van der Waals surface area contributed by atoms with E-state index in [1.165, 1.54) is 23.6 Å². The first kappa shape index (κ1) is 21.6. The molecule has 0 amide bonds. The van der Waals surface area contributed by atoms with E-state index in [0.29, 0.717) is 11.7 Å². The largest absolute Gasteiger partial charge is 0.464 e. The van der Waals surface area contributed by atoms with Crippen LogP contribution in [0.2, 0.25) is 0 Å². The van der Waals surface area contributed by atoms with Gasteiger partial charge in [0, 0.05) is 6.92 Å². The Kier molecular flexibility index (Phi) is 8.20. The smallest absolute Gasteiger partial charge is 0.302 e. The molecular formula is C23H28N2O2S. The van der Waals surface area contributed by atoms with E-state index in [4.69, 9.17) is 17.0 Å². The van der Waals surface area contributed by atoms with Gasteiger partial charge in [0.25, 0.3) is 0 Å². The Balaban J connectivity index is 2.12. The summed E-state index contributed by atoms with van der Waals surface area (Å²) in [5, 5.41) is 7.03. The van der Waals surface area contributed by atoms with E-state index in [1.807, 2.05) is 18.2 Å². The molecule has 148 valence electrons. The number of carbonyl (C=O) groups is 1. The molecule has 2 aromatic carbocycles. The monoisotopic (exact) mass is 396 g/mol. The second-order valence-electron chi connectivity index (χ2n) is 6.76. The summed E-state index contributed by atoms with van der Waals surface area (Å²) in [6, 6.07) is 16.5. The molecule has 0 aliphatic heterocycles. The summed E-state index contributed by atoms with van der Waals surface area (Å²) in [6.45, 7) is 10.7. The lowest BCUT2D eigenvalue weighted by Crippen LogP contribution is -2.39. The van der Waals surface area contributed by atoms with Crippen LogP contribution in [0.25, 0.3) is 5.57 Å². The molecule has 0 aliphatic rings. The highest BCUT2D eigenvalue weighted by Gasteiger charge is 2.17. The molecule has 0 saturated heterocycles. The standard InChI is InChI=1S/C23H28N2O2S/c1-16-9-8-12-21(18(16)3)22(15-17(2)20-10-6-5-7-11-20)25-23(28)24-13-14-27-19(4)26/h5-12,22H,2,13-15H2,1,3-4H3,(H2,24,25,28). The average molecular weight is 397 g/mol. The van der Waals surface area contributed by atoms with Gasteiger partial charge in [-0.05, 0) is 60.3 Å². The van der Waals surface area contributed by atoms with Crippen molar-refractivity contribution in [3.63, 3.8) is 0 Å². The van der Waals surface area contributed by atoms with E-state index in [9.17, 15) is 4.79 Å². The number of thiocarbonyl (C=S) groups is 1. The molecule has 1 unspecified atom stereocenters. The van der Waals surface area contributed by atoms with Gasteiger partial charge in [-0.15, -0.1) is 0 Å². The lowest BCUT2D eigenvalue weighted by atomic mass is 9.91. The molecular weight excluding hydrogens is 368 g/mol. The van der Waals surface area contributed by atoms with Crippen LogP contribution in [0.5, 0.6) is 0 Å².